The van der Waals surface area contributed by atoms with E-state index < -0.39 is 11.9 Å². The summed E-state index contributed by atoms with van der Waals surface area (Å²) in [6.45, 7) is 44.5. The quantitative estimate of drug-likeness (QED) is 0.267. The Morgan fingerprint density at radius 3 is 1.23 bits per heavy atom. The van der Waals surface area contributed by atoms with Gasteiger partial charge in [-0.3, -0.25) is 0 Å². The minimum absolute atomic E-state index is 0. The van der Waals surface area contributed by atoms with Crippen molar-refractivity contribution < 1.29 is 19.8 Å². The molecule has 2 heterocycles. The van der Waals surface area contributed by atoms with Gasteiger partial charge in [-0.15, -0.1) is 23.5 Å². The molecule has 7 heteroatoms. The van der Waals surface area contributed by atoms with Crippen LogP contribution in [0.2, 0.25) is 0 Å². The van der Waals surface area contributed by atoms with Gasteiger partial charge in [0.15, 0.2) is 0 Å². The lowest BCUT2D eigenvalue weighted by Gasteiger charge is -2.35. The third kappa shape index (κ3) is 13.5. The molecule has 0 radical (unpaired) electrons. The summed E-state index contributed by atoms with van der Waals surface area (Å²) in [5.74, 6) is -1.69. The zero-order chi connectivity index (χ0) is 45.4. The number of carboxylic acids is 2. The van der Waals surface area contributed by atoms with Gasteiger partial charge < -0.3 is 10.2 Å². The summed E-state index contributed by atoms with van der Waals surface area (Å²) in [4.78, 5) is 25.0. The Morgan fingerprint density at radius 1 is 0.508 bits per heavy atom. The summed E-state index contributed by atoms with van der Waals surface area (Å²) in [7, 11) is 0. The van der Waals surface area contributed by atoms with E-state index >= 15 is 0 Å². The van der Waals surface area contributed by atoms with Crippen molar-refractivity contribution in [2.24, 2.45) is 5.41 Å². The summed E-state index contributed by atoms with van der Waals surface area (Å²) in [6.07, 6.45) is 0.978. The molecule has 0 saturated heterocycles. The van der Waals surface area contributed by atoms with Gasteiger partial charge >= 0.3 is 11.9 Å². The number of fused-ring (bicyclic) bond motifs is 3. The lowest BCUT2D eigenvalue weighted by molar-refractivity contribution is 0.0685. The lowest BCUT2D eigenvalue weighted by atomic mass is 9.69. The Bertz CT molecular complexity index is 1990. The van der Waals surface area contributed by atoms with E-state index in [9.17, 15) is 19.8 Å². The molecule has 4 nitrogen and oxygen atoms in total. The summed E-state index contributed by atoms with van der Waals surface area (Å²) >= 11 is 7.40. The highest BCUT2D eigenvalue weighted by Crippen LogP contribution is 2.51. The number of rotatable bonds is 2. The fraction of sp³-hybridized carbons (Fsp3) is 0.519. The maximum absolute atomic E-state index is 11.2. The van der Waals surface area contributed by atoms with Crippen LogP contribution in [0, 0.1) is 26.2 Å². The van der Waals surface area contributed by atoms with Gasteiger partial charge in [-0.1, -0.05) is 116 Å². The molecule has 3 aliphatic rings. The number of thioether (sulfide) groups is 2. The van der Waals surface area contributed by atoms with Crippen LogP contribution in [0.15, 0.2) is 67.4 Å². The first-order valence-electron chi connectivity index (χ1n) is 20.8. The van der Waals surface area contributed by atoms with Crippen molar-refractivity contribution in [2.45, 2.75) is 193 Å². The molecule has 0 unspecified atom stereocenters. The van der Waals surface area contributed by atoms with Crippen molar-refractivity contribution >= 4 is 68.1 Å². The fourth-order valence-electron chi connectivity index (χ4n) is 7.64. The molecule has 0 fully saturated rings. The molecule has 3 aromatic rings. The van der Waals surface area contributed by atoms with Crippen LogP contribution in [0.4, 0.5) is 0 Å². The van der Waals surface area contributed by atoms with Crippen LogP contribution < -0.4 is 0 Å². The van der Waals surface area contributed by atoms with Crippen LogP contribution in [-0.2, 0) is 6.42 Å². The van der Waals surface area contributed by atoms with E-state index in [-0.39, 0.29) is 37.2 Å². The lowest BCUT2D eigenvalue weighted by Crippen LogP contribution is -2.23. The molecular weight excluding hydrogens is 857 g/mol. The molecule has 61 heavy (non-hydrogen) atoms. The van der Waals surface area contributed by atoms with E-state index in [0.717, 1.165) is 28.7 Å². The number of hydrogen-bond acceptors (Lipinski definition) is 4. The van der Waals surface area contributed by atoms with Crippen molar-refractivity contribution in [1.29, 1.82) is 0 Å². The van der Waals surface area contributed by atoms with Crippen LogP contribution in [0.25, 0.3) is 16.7 Å². The minimum Gasteiger partial charge on any atom is -0.478 e. The predicted molar refractivity (Wildman–Crippen MR) is 282 cm³/mol. The first-order chi connectivity index (χ1) is 26.9. The Hall–Kier alpha value is -3.00. The summed E-state index contributed by atoms with van der Waals surface area (Å²) < 4.78 is 1.50. The average Bonchev–Trinajstić information content (AvgIpc) is 3.16. The number of carboxylic acid groups (broad SMARTS) is 2. The zero-order valence-corrected chi connectivity index (χ0v) is 42.8. The molecule has 0 bridgehead atoms. The molecular formula is C54H85BrO4S2. The predicted octanol–water partition coefficient (Wildman–Crippen LogP) is 18.9. The molecule has 0 spiro atoms. The normalized spacial score (nSPS) is 15.6. The number of hydrogen-bond donors (Lipinski definition) is 2. The van der Waals surface area contributed by atoms with Gasteiger partial charge in [-0.2, -0.15) is 0 Å². The highest BCUT2D eigenvalue weighted by molar-refractivity contribution is 9.10. The molecule has 0 amide bonds. The molecule has 2 N–H and O–H groups in total. The van der Waals surface area contributed by atoms with Crippen molar-refractivity contribution in [3.05, 3.63) is 108 Å². The van der Waals surface area contributed by atoms with Gasteiger partial charge in [-0.05, 0) is 188 Å². The molecule has 344 valence electrons. The topological polar surface area (TPSA) is 74.6 Å². The van der Waals surface area contributed by atoms with Gasteiger partial charge in [0.05, 0.1) is 11.1 Å². The second-order valence-electron chi connectivity index (χ2n) is 16.1. The van der Waals surface area contributed by atoms with E-state index in [1.54, 1.807) is 12.1 Å². The Kier molecular flexibility index (Phi) is 25.9. The fourth-order valence-corrected chi connectivity index (χ4v) is 10.8. The van der Waals surface area contributed by atoms with Crippen LogP contribution in [0.3, 0.4) is 0 Å². The molecule has 0 atom stereocenters. The molecule has 6 rings (SSSR count). The molecule has 2 aliphatic heterocycles. The number of carbonyl (C=O) groups is 2. The van der Waals surface area contributed by atoms with Gasteiger partial charge in [-0.25, -0.2) is 9.59 Å². The van der Waals surface area contributed by atoms with E-state index in [1.807, 2.05) is 91.0 Å². The van der Waals surface area contributed by atoms with Crippen LogP contribution >= 0.6 is 39.5 Å². The van der Waals surface area contributed by atoms with Crippen molar-refractivity contribution in [1.82, 2.24) is 0 Å². The minimum atomic E-state index is -0.851. The highest BCUT2D eigenvalue weighted by atomic mass is 79.9. The standard InChI is InChI=1S/C16H20O2.C15H18O2S.C14H17BrS.3C2H6.3CH4/c1-9-11(3)16(4,5)8-12-6-7-13(15(17)18)10(2)14(9)12;1-8-10(3)15(4,5)18-12-7-6-11(14(16)17)9(2)13(8)12;1-8-10(3)14(4,5)16-12-7-6-11(15)9(2)13(8)12;3*1-2;;;/h6-7H,8H2,1-5H3,(H,17,18);6-7H,1-5H3,(H,16,17);6-7H,1-5H3;3*1-2H3;3*1H4. The largest absolute Gasteiger partial charge is 0.478 e. The maximum atomic E-state index is 11.2. The van der Waals surface area contributed by atoms with E-state index in [1.165, 1.54) is 64.4 Å². The second-order valence-corrected chi connectivity index (χ2v) is 20.3. The molecule has 3 aromatic carbocycles. The summed E-state index contributed by atoms with van der Waals surface area (Å²) in [5.41, 5.74) is 17.1. The Balaban J connectivity index is -0.000000761. The monoisotopic (exact) mass is 941 g/mol. The van der Waals surface area contributed by atoms with E-state index in [4.69, 9.17) is 0 Å². The molecule has 0 aromatic heterocycles. The van der Waals surface area contributed by atoms with E-state index in [2.05, 4.69) is 118 Å². The van der Waals surface area contributed by atoms with Gasteiger partial charge in [0.1, 0.15) is 0 Å². The first-order valence-corrected chi connectivity index (χ1v) is 23.2. The maximum Gasteiger partial charge on any atom is 0.335 e. The Labute approximate surface area is 392 Å². The van der Waals surface area contributed by atoms with Gasteiger partial charge in [0.25, 0.3) is 0 Å². The molecule has 1 aliphatic carbocycles. The van der Waals surface area contributed by atoms with Crippen molar-refractivity contribution in [3.63, 3.8) is 0 Å². The third-order valence-corrected chi connectivity index (χ3v) is 15.4. The summed E-state index contributed by atoms with van der Waals surface area (Å²) in [5, 5.41) is 18.4. The van der Waals surface area contributed by atoms with Crippen LogP contribution in [0.1, 0.15) is 207 Å². The highest BCUT2D eigenvalue weighted by Gasteiger charge is 2.33. The first kappa shape index (κ1) is 62.3. The number of aromatic carboxylic acids is 2. The van der Waals surface area contributed by atoms with Crippen molar-refractivity contribution in [2.75, 3.05) is 0 Å². The van der Waals surface area contributed by atoms with Gasteiger partial charge in [0, 0.05) is 23.8 Å². The number of benzene rings is 3. The van der Waals surface area contributed by atoms with Crippen LogP contribution in [0.5, 0.6) is 0 Å². The smallest absolute Gasteiger partial charge is 0.335 e. The number of allylic oxidation sites excluding steroid dienone is 4. The van der Waals surface area contributed by atoms with Crippen LogP contribution in [-0.4, -0.2) is 31.6 Å². The van der Waals surface area contributed by atoms with E-state index in [0.29, 0.717) is 11.1 Å². The zero-order valence-electron chi connectivity index (χ0n) is 39.6. The average molecular weight is 942 g/mol. The molecule has 0 saturated carbocycles. The summed E-state index contributed by atoms with van der Waals surface area (Å²) in [6, 6.07) is 11.8. The third-order valence-electron chi connectivity index (χ3n) is 11.8. The second kappa shape index (κ2) is 25.3. The Morgan fingerprint density at radius 2 is 0.836 bits per heavy atom. The SMILES string of the molecule is C.C.C.CC.CC.CC.CC1=C(C)C(C)(C)Cc2ccc(C(=O)O)c(C)c21.CC1=C(C)C(C)(C)Sc2ccc(Br)c(C)c21.CC1=C(C)C(C)(C)Sc2ccc(C(=O)O)c(C)c21. The van der Waals surface area contributed by atoms with Gasteiger partial charge in [0.2, 0.25) is 0 Å². The number of halogens is 1. The van der Waals surface area contributed by atoms with Crippen molar-refractivity contribution in [3.8, 4) is 0 Å².